The van der Waals surface area contributed by atoms with Gasteiger partial charge in [0.05, 0.1) is 19.1 Å². The Kier molecular flexibility index (Phi) is 4.61. The first-order valence-corrected chi connectivity index (χ1v) is 9.71. The SMILES string of the molecule is COc1ccc(C2C[C@H]3CC(C(=O)O)C[C@H]3C2)cc1OC1CCCC1. The zero-order valence-corrected chi connectivity index (χ0v) is 14.9. The van der Waals surface area contributed by atoms with Crippen LogP contribution in [0.15, 0.2) is 18.2 Å². The van der Waals surface area contributed by atoms with Crippen LogP contribution in [-0.2, 0) is 4.79 Å². The van der Waals surface area contributed by atoms with Crippen LogP contribution < -0.4 is 9.47 Å². The highest BCUT2D eigenvalue weighted by atomic mass is 16.5. The van der Waals surface area contributed by atoms with E-state index in [1.807, 2.05) is 6.07 Å². The Morgan fingerprint density at radius 2 is 1.72 bits per heavy atom. The molecule has 0 spiro atoms. The van der Waals surface area contributed by atoms with Crippen molar-refractivity contribution in [3.8, 4) is 11.5 Å². The largest absolute Gasteiger partial charge is 0.493 e. The van der Waals surface area contributed by atoms with Crippen LogP contribution in [0.5, 0.6) is 11.5 Å². The summed E-state index contributed by atoms with van der Waals surface area (Å²) >= 11 is 0. The van der Waals surface area contributed by atoms with Crippen molar-refractivity contribution in [3.63, 3.8) is 0 Å². The first kappa shape index (κ1) is 16.7. The van der Waals surface area contributed by atoms with Gasteiger partial charge in [-0.2, -0.15) is 0 Å². The molecule has 0 bridgehead atoms. The molecule has 4 nitrogen and oxygen atoms in total. The van der Waals surface area contributed by atoms with Gasteiger partial charge in [-0.3, -0.25) is 4.79 Å². The highest BCUT2D eigenvalue weighted by molar-refractivity contribution is 5.70. The lowest BCUT2D eigenvalue weighted by Crippen LogP contribution is -2.12. The second kappa shape index (κ2) is 6.89. The first-order chi connectivity index (χ1) is 12.1. The van der Waals surface area contributed by atoms with E-state index in [1.54, 1.807) is 7.11 Å². The second-order valence-corrected chi connectivity index (χ2v) is 8.13. The van der Waals surface area contributed by atoms with Gasteiger partial charge in [-0.25, -0.2) is 0 Å². The van der Waals surface area contributed by atoms with Crippen LogP contribution >= 0.6 is 0 Å². The monoisotopic (exact) mass is 344 g/mol. The highest BCUT2D eigenvalue weighted by Crippen LogP contribution is 2.53. The maximum Gasteiger partial charge on any atom is 0.306 e. The van der Waals surface area contributed by atoms with E-state index in [9.17, 15) is 9.90 Å². The number of hydrogen-bond donors (Lipinski definition) is 1. The quantitative estimate of drug-likeness (QED) is 0.847. The molecule has 3 saturated carbocycles. The number of methoxy groups -OCH3 is 1. The summed E-state index contributed by atoms with van der Waals surface area (Å²) in [7, 11) is 1.70. The van der Waals surface area contributed by atoms with Crippen molar-refractivity contribution < 1.29 is 19.4 Å². The normalized spacial score (nSPS) is 31.9. The smallest absolute Gasteiger partial charge is 0.306 e. The molecule has 0 saturated heterocycles. The zero-order valence-electron chi connectivity index (χ0n) is 14.9. The summed E-state index contributed by atoms with van der Waals surface area (Å²) < 4.78 is 11.7. The molecule has 2 unspecified atom stereocenters. The van der Waals surface area contributed by atoms with E-state index in [-0.39, 0.29) is 5.92 Å². The molecule has 0 heterocycles. The summed E-state index contributed by atoms with van der Waals surface area (Å²) in [5.41, 5.74) is 1.33. The first-order valence-electron chi connectivity index (χ1n) is 9.71. The van der Waals surface area contributed by atoms with Crippen LogP contribution in [0.1, 0.15) is 62.8 Å². The summed E-state index contributed by atoms with van der Waals surface area (Å²) in [6, 6.07) is 6.38. The number of benzene rings is 1. The molecule has 1 aromatic carbocycles. The van der Waals surface area contributed by atoms with E-state index in [4.69, 9.17) is 9.47 Å². The van der Waals surface area contributed by atoms with Gasteiger partial charge >= 0.3 is 5.97 Å². The van der Waals surface area contributed by atoms with Crippen molar-refractivity contribution in [2.24, 2.45) is 17.8 Å². The average molecular weight is 344 g/mol. The van der Waals surface area contributed by atoms with Gasteiger partial charge in [0, 0.05) is 0 Å². The van der Waals surface area contributed by atoms with Crippen LogP contribution in [0.3, 0.4) is 0 Å². The van der Waals surface area contributed by atoms with Gasteiger partial charge in [0.25, 0.3) is 0 Å². The summed E-state index contributed by atoms with van der Waals surface area (Å²) in [4.78, 5) is 11.2. The van der Waals surface area contributed by atoms with E-state index in [0.717, 1.165) is 50.0 Å². The van der Waals surface area contributed by atoms with E-state index in [1.165, 1.54) is 18.4 Å². The molecule has 4 heteroatoms. The third kappa shape index (κ3) is 3.36. The van der Waals surface area contributed by atoms with Crippen molar-refractivity contribution in [1.82, 2.24) is 0 Å². The number of carbonyl (C=O) groups is 1. The Bertz CT molecular complexity index is 621. The molecule has 0 aromatic heterocycles. The van der Waals surface area contributed by atoms with Crippen LogP contribution in [0.4, 0.5) is 0 Å². The molecule has 4 rings (SSSR count). The van der Waals surface area contributed by atoms with Gasteiger partial charge in [-0.05, 0) is 86.8 Å². The van der Waals surface area contributed by atoms with Gasteiger partial charge in [-0.15, -0.1) is 0 Å². The van der Waals surface area contributed by atoms with Gasteiger partial charge in [0.15, 0.2) is 11.5 Å². The molecule has 25 heavy (non-hydrogen) atoms. The lowest BCUT2D eigenvalue weighted by Gasteiger charge is -2.19. The summed E-state index contributed by atoms with van der Waals surface area (Å²) in [6.45, 7) is 0. The summed E-state index contributed by atoms with van der Waals surface area (Å²) in [6.07, 6.45) is 9.05. The number of hydrogen-bond acceptors (Lipinski definition) is 3. The molecule has 3 aliphatic carbocycles. The summed E-state index contributed by atoms with van der Waals surface area (Å²) in [5, 5.41) is 9.25. The van der Waals surface area contributed by atoms with Crippen molar-refractivity contribution >= 4 is 5.97 Å². The number of fused-ring (bicyclic) bond motifs is 1. The molecule has 3 aliphatic rings. The fraction of sp³-hybridized carbons (Fsp3) is 0.667. The van der Waals surface area contributed by atoms with E-state index in [2.05, 4.69) is 12.1 Å². The number of carboxylic acids is 1. The number of ether oxygens (including phenoxy) is 2. The molecule has 1 aromatic rings. The van der Waals surface area contributed by atoms with Crippen LogP contribution in [0.25, 0.3) is 0 Å². The molecule has 4 atom stereocenters. The molecular weight excluding hydrogens is 316 g/mol. The zero-order chi connectivity index (χ0) is 17.4. The minimum absolute atomic E-state index is 0.118. The van der Waals surface area contributed by atoms with Gasteiger partial charge in [-0.1, -0.05) is 6.07 Å². The Hall–Kier alpha value is -1.71. The van der Waals surface area contributed by atoms with Crippen molar-refractivity contribution in [2.75, 3.05) is 7.11 Å². The predicted octanol–water partition coefficient (Wildman–Crippen LogP) is 4.62. The van der Waals surface area contributed by atoms with Crippen molar-refractivity contribution in [1.29, 1.82) is 0 Å². The Morgan fingerprint density at radius 1 is 1.04 bits per heavy atom. The van der Waals surface area contributed by atoms with Crippen molar-refractivity contribution in [3.05, 3.63) is 23.8 Å². The molecule has 136 valence electrons. The third-order valence-corrected chi connectivity index (χ3v) is 6.62. The fourth-order valence-corrected chi connectivity index (χ4v) is 5.32. The number of rotatable bonds is 5. The standard InChI is InChI=1S/C21H28O4/c1-24-19-7-6-13(12-20(19)25-18-4-2-3-5-18)14-8-15-10-17(21(22)23)11-16(15)9-14/h6-7,12,14-18H,2-5,8-11H2,1H3,(H,22,23)/t14?,15-,16+,17?. The Balaban J connectivity index is 1.47. The second-order valence-electron chi connectivity index (χ2n) is 8.13. The van der Waals surface area contributed by atoms with Crippen LogP contribution in [0.2, 0.25) is 0 Å². The lowest BCUT2D eigenvalue weighted by atomic mass is 9.92. The molecule has 0 aliphatic heterocycles. The molecule has 3 fully saturated rings. The molecule has 1 N–H and O–H groups in total. The number of aliphatic carboxylic acids is 1. The van der Waals surface area contributed by atoms with E-state index >= 15 is 0 Å². The van der Waals surface area contributed by atoms with Gasteiger partial charge in [0.2, 0.25) is 0 Å². The average Bonchev–Trinajstić information content (AvgIpc) is 3.30. The van der Waals surface area contributed by atoms with E-state index < -0.39 is 5.97 Å². The van der Waals surface area contributed by atoms with Gasteiger partial charge in [0.1, 0.15) is 0 Å². The topological polar surface area (TPSA) is 55.8 Å². The Morgan fingerprint density at radius 3 is 2.32 bits per heavy atom. The lowest BCUT2D eigenvalue weighted by molar-refractivity contribution is -0.141. The maximum atomic E-state index is 11.2. The minimum atomic E-state index is -0.609. The van der Waals surface area contributed by atoms with Crippen LogP contribution in [0, 0.1) is 17.8 Å². The maximum absolute atomic E-state index is 11.2. The highest BCUT2D eigenvalue weighted by Gasteiger charge is 2.44. The Labute approximate surface area is 149 Å². The molecular formula is C21H28O4. The predicted molar refractivity (Wildman–Crippen MR) is 95.2 cm³/mol. The fourth-order valence-electron chi connectivity index (χ4n) is 5.32. The minimum Gasteiger partial charge on any atom is -0.493 e. The molecule has 0 radical (unpaired) electrons. The summed E-state index contributed by atoms with van der Waals surface area (Å²) in [5.74, 6) is 2.66. The third-order valence-electron chi connectivity index (χ3n) is 6.62. The molecule has 0 amide bonds. The van der Waals surface area contributed by atoms with E-state index in [0.29, 0.717) is 23.9 Å². The van der Waals surface area contributed by atoms with Crippen LogP contribution in [-0.4, -0.2) is 24.3 Å². The van der Waals surface area contributed by atoms with Gasteiger partial charge < -0.3 is 14.6 Å². The van der Waals surface area contributed by atoms with Crippen molar-refractivity contribution in [2.45, 2.75) is 63.4 Å². The number of carboxylic acid groups (broad SMARTS) is 1.